The molecule has 1 unspecified atom stereocenters. The molecule has 104 valence electrons. The van der Waals surface area contributed by atoms with Crippen molar-refractivity contribution in [2.75, 3.05) is 25.6 Å². The van der Waals surface area contributed by atoms with Crippen molar-refractivity contribution in [1.82, 2.24) is 9.97 Å². The van der Waals surface area contributed by atoms with Crippen LogP contribution in [0.5, 0.6) is 0 Å². The number of esters is 1. The molecule has 0 bridgehead atoms. The Bertz CT molecular complexity index is 445. The topological polar surface area (TPSA) is 73.3 Å². The number of hydrogen-bond donors (Lipinski definition) is 1. The van der Waals surface area contributed by atoms with Crippen LogP contribution in [-0.2, 0) is 9.47 Å². The summed E-state index contributed by atoms with van der Waals surface area (Å²) < 4.78 is 10.3. The molecular formula is C13H19N3O3. The van der Waals surface area contributed by atoms with Gasteiger partial charge in [0, 0.05) is 24.9 Å². The quantitative estimate of drug-likeness (QED) is 0.833. The monoisotopic (exact) mass is 265 g/mol. The number of aryl methyl sites for hydroxylation is 1. The van der Waals surface area contributed by atoms with Crippen LogP contribution in [0.25, 0.3) is 0 Å². The van der Waals surface area contributed by atoms with Crippen LogP contribution in [0, 0.1) is 6.92 Å². The van der Waals surface area contributed by atoms with E-state index in [9.17, 15) is 4.79 Å². The molecule has 0 aromatic carbocycles. The van der Waals surface area contributed by atoms with E-state index in [4.69, 9.17) is 4.74 Å². The zero-order chi connectivity index (χ0) is 13.7. The van der Waals surface area contributed by atoms with E-state index in [1.807, 2.05) is 6.92 Å². The summed E-state index contributed by atoms with van der Waals surface area (Å²) in [5, 5.41) is 3.19. The molecule has 1 aliphatic heterocycles. The van der Waals surface area contributed by atoms with Gasteiger partial charge in [-0.1, -0.05) is 0 Å². The van der Waals surface area contributed by atoms with Crippen molar-refractivity contribution in [3.63, 3.8) is 0 Å². The number of carbonyl (C=O) groups is 1. The molecule has 1 N–H and O–H groups in total. The Morgan fingerprint density at radius 1 is 1.53 bits per heavy atom. The van der Waals surface area contributed by atoms with E-state index in [1.54, 1.807) is 6.07 Å². The number of anilines is 1. The van der Waals surface area contributed by atoms with Crippen LogP contribution < -0.4 is 5.32 Å². The van der Waals surface area contributed by atoms with Gasteiger partial charge in [-0.15, -0.1) is 0 Å². The summed E-state index contributed by atoms with van der Waals surface area (Å²) in [4.78, 5) is 19.6. The first-order chi connectivity index (χ1) is 9.19. The van der Waals surface area contributed by atoms with E-state index in [0.717, 1.165) is 25.1 Å². The van der Waals surface area contributed by atoms with Gasteiger partial charge in [-0.3, -0.25) is 0 Å². The second-order valence-corrected chi connectivity index (χ2v) is 4.58. The van der Waals surface area contributed by atoms with Crippen LogP contribution in [0.4, 0.5) is 5.82 Å². The molecular weight excluding hydrogens is 246 g/mol. The van der Waals surface area contributed by atoms with Gasteiger partial charge in [-0.2, -0.15) is 0 Å². The molecule has 1 aliphatic rings. The largest absolute Gasteiger partial charge is 0.463 e. The zero-order valence-electron chi connectivity index (χ0n) is 11.3. The Labute approximate surface area is 112 Å². The lowest BCUT2D eigenvalue weighted by Gasteiger charge is -2.23. The predicted octanol–water partition coefficient (Wildman–Crippen LogP) is 1.55. The third-order valence-electron chi connectivity index (χ3n) is 3.01. The summed E-state index contributed by atoms with van der Waals surface area (Å²) in [5.41, 5.74) is 0.725. The van der Waals surface area contributed by atoms with Gasteiger partial charge in [0.2, 0.25) is 5.82 Å². The highest BCUT2D eigenvalue weighted by atomic mass is 16.5. The summed E-state index contributed by atoms with van der Waals surface area (Å²) >= 11 is 0. The molecule has 0 radical (unpaired) electrons. The van der Waals surface area contributed by atoms with E-state index in [-0.39, 0.29) is 11.9 Å². The Balaban J connectivity index is 1.99. The molecule has 2 rings (SSSR count). The lowest BCUT2D eigenvalue weighted by atomic mass is 10.1. The first-order valence-electron chi connectivity index (χ1n) is 6.48. The Hall–Kier alpha value is -1.69. The molecule has 0 amide bonds. The Morgan fingerprint density at radius 2 is 2.37 bits per heavy atom. The zero-order valence-corrected chi connectivity index (χ0v) is 11.3. The smallest absolute Gasteiger partial charge is 0.376 e. The van der Waals surface area contributed by atoms with Crippen molar-refractivity contribution in [3.8, 4) is 0 Å². The van der Waals surface area contributed by atoms with Gasteiger partial charge in [0.15, 0.2) is 0 Å². The van der Waals surface area contributed by atoms with E-state index in [1.165, 1.54) is 13.5 Å². The molecule has 6 nitrogen and oxygen atoms in total. The van der Waals surface area contributed by atoms with Crippen LogP contribution >= 0.6 is 0 Å². The minimum atomic E-state index is -0.527. The van der Waals surface area contributed by atoms with Crippen molar-refractivity contribution >= 4 is 11.8 Å². The van der Waals surface area contributed by atoms with E-state index in [0.29, 0.717) is 12.4 Å². The summed E-state index contributed by atoms with van der Waals surface area (Å²) in [6.45, 7) is 3.33. The van der Waals surface area contributed by atoms with Crippen LogP contribution in [-0.4, -0.2) is 42.3 Å². The average molecular weight is 265 g/mol. The maximum Gasteiger partial charge on any atom is 0.376 e. The van der Waals surface area contributed by atoms with Gasteiger partial charge in [0.05, 0.1) is 13.2 Å². The number of hydrogen-bond acceptors (Lipinski definition) is 6. The molecule has 1 aromatic heterocycles. The fourth-order valence-corrected chi connectivity index (χ4v) is 2.03. The maximum atomic E-state index is 11.4. The average Bonchev–Trinajstić information content (AvgIpc) is 2.45. The number of rotatable bonds is 4. The number of nitrogens with zero attached hydrogens (tertiary/aromatic N) is 2. The van der Waals surface area contributed by atoms with Crippen LogP contribution in [0.2, 0.25) is 0 Å². The predicted molar refractivity (Wildman–Crippen MR) is 70.2 cm³/mol. The van der Waals surface area contributed by atoms with E-state index in [2.05, 4.69) is 20.0 Å². The molecule has 1 aromatic rings. The maximum absolute atomic E-state index is 11.4. The number of carbonyl (C=O) groups excluding carboxylic acids is 1. The highest BCUT2D eigenvalue weighted by Crippen LogP contribution is 2.14. The molecule has 19 heavy (non-hydrogen) atoms. The minimum Gasteiger partial charge on any atom is -0.463 e. The van der Waals surface area contributed by atoms with Crippen LogP contribution in [0.1, 0.15) is 35.6 Å². The van der Waals surface area contributed by atoms with Gasteiger partial charge in [0.1, 0.15) is 5.82 Å². The molecule has 1 atom stereocenters. The first kappa shape index (κ1) is 13.7. The van der Waals surface area contributed by atoms with Gasteiger partial charge >= 0.3 is 5.97 Å². The number of methoxy groups -OCH3 is 1. The summed E-state index contributed by atoms with van der Waals surface area (Å²) in [7, 11) is 1.32. The molecule has 0 aliphatic carbocycles. The highest BCUT2D eigenvalue weighted by molar-refractivity contribution is 5.85. The third kappa shape index (κ3) is 3.89. The summed E-state index contributed by atoms with van der Waals surface area (Å²) in [6, 6.07) is 1.80. The van der Waals surface area contributed by atoms with E-state index < -0.39 is 5.97 Å². The van der Waals surface area contributed by atoms with Crippen molar-refractivity contribution in [1.29, 1.82) is 0 Å². The fraction of sp³-hybridized carbons (Fsp3) is 0.615. The SMILES string of the molecule is COC(=O)c1nc(C)cc(NCC2CCCCO2)n1. The molecule has 2 heterocycles. The number of ether oxygens (including phenoxy) is 2. The van der Waals surface area contributed by atoms with Crippen molar-refractivity contribution in [2.45, 2.75) is 32.3 Å². The van der Waals surface area contributed by atoms with E-state index >= 15 is 0 Å². The summed E-state index contributed by atoms with van der Waals surface area (Å²) in [6.07, 6.45) is 3.60. The standard InChI is InChI=1S/C13H19N3O3/c1-9-7-11(16-12(15-9)13(17)18-2)14-8-10-5-3-4-6-19-10/h7,10H,3-6,8H2,1-2H3,(H,14,15,16). The molecule has 0 spiro atoms. The summed E-state index contributed by atoms with van der Waals surface area (Å²) in [5.74, 6) is 0.178. The lowest BCUT2D eigenvalue weighted by molar-refractivity contribution is 0.0247. The highest BCUT2D eigenvalue weighted by Gasteiger charge is 2.15. The van der Waals surface area contributed by atoms with Gasteiger partial charge < -0.3 is 14.8 Å². The van der Waals surface area contributed by atoms with Crippen molar-refractivity contribution in [2.24, 2.45) is 0 Å². The fourth-order valence-electron chi connectivity index (χ4n) is 2.03. The second kappa shape index (κ2) is 6.47. The Morgan fingerprint density at radius 3 is 3.05 bits per heavy atom. The molecule has 1 saturated heterocycles. The van der Waals surface area contributed by atoms with Crippen LogP contribution in [0.3, 0.4) is 0 Å². The normalized spacial score (nSPS) is 18.9. The minimum absolute atomic E-state index is 0.0783. The van der Waals surface area contributed by atoms with Crippen molar-refractivity contribution < 1.29 is 14.3 Å². The number of aromatic nitrogens is 2. The van der Waals surface area contributed by atoms with Crippen LogP contribution in [0.15, 0.2) is 6.07 Å². The molecule has 1 fully saturated rings. The first-order valence-corrected chi connectivity index (χ1v) is 6.48. The van der Waals surface area contributed by atoms with Gasteiger partial charge in [-0.25, -0.2) is 14.8 Å². The second-order valence-electron chi connectivity index (χ2n) is 4.58. The van der Waals surface area contributed by atoms with Gasteiger partial charge in [-0.05, 0) is 26.2 Å². The van der Waals surface area contributed by atoms with Gasteiger partial charge in [0.25, 0.3) is 0 Å². The number of nitrogens with one attached hydrogen (secondary N) is 1. The molecule has 6 heteroatoms. The molecule has 0 saturated carbocycles. The third-order valence-corrected chi connectivity index (χ3v) is 3.01. The Kier molecular flexibility index (Phi) is 4.68. The van der Waals surface area contributed by atoms with Crippen molar-refractivity contribution in [3.05, 3.63) is 17.6 Å². The lowest BCUT2D eigenvalue weighted by Crippen LogP contribution is -2.27.